The molecule has 4 heteroatoms. The van der Waals surface area contributed by atoms with Crippen LogP contribution in [0.3, 0.4) is 0 Å². The number of pyridine rings is 1. The van der Waals surface area contributed by atoms with Crippen molar-refractivity contribution in [1.82, 2.24) is 4.98 Å². The van der Waals surface area contributed by atoms with E-state index in [1.54, 1.807) is 6.07 Å². The van der Waals surface area contributed by atoms with Gasteiger partial charge in [-0.15, -0.1) is 0 Å². The highest BCUT2D eigenvalue weighted by Gasteiger charge is 2.18. The van der Waals surface area contributed by atoms with Crippen molar-refractivity contribution in [1.29, 1.82) is 0 Å². The fourth-order valence-corrected chi connectivity index (χ4v) is 1.54. The van der Waals surface area contributed by atoms with E-state index in [0.717, 1.165) is 6.08 Å². The van der Waals surface area contributed by atoms with E-state index in [9.17, 15) is 13.2 Å². The molecule has 0 bridgehead atoms. The van der Waals surface area contributed by atoms with Crippen LogP contribution in [0.25, 0.3) is 0 Å². The molecule has 0 aliphatic heterocycles. The minimum Gasteiger partial charge on any atom is -0.224 e. The Labute approximate surface area is 85.0 Å². The van der Waals surface area contributed by atoms with Gasteiger partial charge in [0.1, 0.15) is 11.7 Å². The molecule has 0 aromatic carbocycles. The van der Waals surface area contributed by atoms with Gasteiger partial charge in [-0.3, -0.25) is 0 Å². The van der Waals surface area contributed by atoms with Gasteiger partial charge in [-0.05, 0) is 18.2 Å². The molecule has 1 aliphatic carbocycles. The second-order valence-corrected chi connectivity index (χ2v) is 3.34. The Morgan fingerprint density at radius 2 is 2.00 bits per heavy atom. The molecular weight excluding hydrogens is 203 g/mol. The van der Waals surface area contributed by atoms with Crippen molar-refractivity contribution in [3.05, 3.63) is 53.6 Å². The van der Waals surface area contributed by atoms with Crippen LogP contribution in [0.1, 0.15) is 18.0 Å². The first kappa shape index (κ1) is 9.96. The number of nitrogens with zero attached hydrogens (tertiary/aromatic N) is 1. The third-order valence-electron chi connectivity index (χ3n) is 2.19. The summed E-state index contributed by atoms with van der Waals surface area (Å²) in [5, 5.41) is 0. The van der Waals surface area contributed by atoms with Crippen LogP contribution in [-0.2, 0) is 0 Å². The van der Waals surface area contributed by atoms with Crippen LogP contribution in [-0.4, -0.2) is 4.98 Å². The molecule has 1 unspecified atom stereocenters. The lowest BCUT2D eigenvalue weighted by Crippen LogP contribution is -2.03. The zero-order valence-electron chi connectivity index (χ0n) is 7.75. The molecule has 15 heavy (non-hydrogen) atoms. The second kappa shape index (κ2) is 3.88. The van der Waals surface area contributed by atoms with Crippen molar-refractivity contribution in [3.8, 4) is 0 Å². The van der Waals surface area contributed by atoms with Crippen molar-refractivity contribution in [2.24, 2.45) is 0 Å². The first-order chi connectivity index (χ1) is 7.15. The average Bonchev–Trinajstić information content (AvgIpc) is 2.16. The van der Waals surface area contributed by atoms with Gasteiger partial charge in [-0.25, -0.2) is 13.8 Å². The minimum absolute atomic E-state index is 0.0316. The van der Waals surface area contributed by atoms with Crippen molar-refractivity contribution < 1.29 is 13.2 Å². The highest BCUT2D eigenvalue weighted by molar-refractivity contribution is 5.29. The van der Waals surface area contributed by atoms with Crippen molar-refractivity contribution >= 4 is 0 Å². The van der Waals surface area contributed by atoms with E-state index in [4.69, 9.17) is 0 Å². The topological polar surface area (TPSA) is 12.9 Å². The summed E-state index contributed by atoms with van der Waals surface area (Å²) in [5.74, 6) is -2.36. The molecule has 1 atom stereocenters. The molecule has 0 amide bonds. The summed E-state index contributed by atoms with van der Waals surface area (Å²) >= 11 is 0. The van der Waals surface area contributed by atoms with E-state index in [1.165, 1.54) is 18.2 Å². The molecule has 1 aromatic rings. The maximum absolute atomic E-state index is 12.9. The zero-order chi connectivity index (χ0) is 10.8. The third-order valence-corrected chi connectivity index (χ3v) is 2.19. The molecule has 0 fully saturated rings. The molecule has 1 aliphatic rings. The Morgan fingerprint density at radius 3 is 2.67 bits per heavy atom. The normalized spacial score (nSPS) is 20.9. The highest BCUT2D eigenvalue weighted by Crippen LogP contribution is 2.30. The summed E-state index contributed by atoms with van der Waals surface area (Å²) in [6, 6.07) is 4.22. The maximum atomic E-state index is 12.9. The molecule has 0 saturated heterocycles. The number of halogens is 3. The smallest absolute Gasteiger partial charge is 0.213 e. The first-order valence-electron chi connectivity index (χ1n) is 4.51. The fraction of sp³-hybridized carbons (Fsp3) is 0.182. The Balaban J connectivity index is 2.30. The summed E-state index contributed by atoms with van der Waals surface area (Å²) in [6.45, 7) is 0. The van der Waals surface area contributed by atoms with Crippen LogP contribution >= 0.6 is 0 Å². The molecule has 1 aromatic heterocycles. The van der Waals surface area contributed by atoms with E-state index in [-0.39, 0.29) is 6.42 Å². The van der Waals surface area contributed by atoms with Crippen molar-refractivity contribution in [2.75, 3.05) is 0 Å². The third kappa shape index (κ3) is 2.26. The predicted octanol–water partition coefficient (Wildman–Crippen LogP) is 3.41. The molecule has 0 N–H and O–H groups in total. The van der Waals surface area contributed by atoms with Crippen molar-refractivity contribution in [2.45, 2.75) is 12.3 Å². The second-order valence-electron chi connectivity index (χ2n) is 3.34. The van der Waals surface area contributed by atoms with Crippen LogP contribution in [0.2, 0.25) is 0 Å². The molecule has 1 nitrogen and oxygen atoms in total. The summed E-state index contributed by atoms with van der Waals surface area (Å²) in [7, 11) is 0. The van der Waals surface area contributed by atoms with Gasteiger partial charge in [0.15, 0.2) is 0 Å². The number of aromatic nitrogens is 1. The lowest BCUT2D eigenvalue weighted by atomic mass is 9.95. The highest BCUT2D eigenvalue weighted by atomic mass is 19.1. The summed E-state index contributed by atoms with van der Waals surface area (Å²) in [5.41, 5.74) is 0.341. The quantitative estimate of drug-likeness (QED) is 0.648. The van der Waals surface area contributed by atoms with E-state index < -0.39 is 23.5 Å². The molecule has 0 spiro atoms. The molecular formula is C11H8F3N. The van der Waals surface area contributed by atoms with Gasteiger partial charge < -0.3 is 0 Å². The summed E-state index contributed by atoms with van der Waals surface area (Å²) in [4.78, 5) is 3.59. The standard InChI is InChI=1S/C11H8F3N/c12-8-4-7(5-9(13)6-8)10-2-1-3-11(14)15-10/h1-4,6-7H,5H2. The van der Waals surface area contributed by atoms with E-state index >= 15 is 0 Å². The fourth-order valence-electron chi connectivity index (χ4n) is 1.54. The molecule has 2 rings (SSSR count). The Hall–Kier alpha value is -1.58. The monoisotopic (exact) mass is 211 g/mol. The van der Waals surface area contributed by atoms with Crippen LogP contribution in [0.4, 0.5) is 13.2 Å². The molecule has 1 heterocycles. The molecule has 0 saturated carbocycles. The van der Waals surface area contributed by atoms with Gasteiger partial charge >= 0.3 is 0 Å². The summed E-state index contributed by atoms with van der Waals surface area (Å²) < 4.78 is 38.6. The average molecular weight is 211 g/mol. The van der Waals surface area contributed by atoms with Crippen LogP contribution in [0.5, 0.6) is 0 Å². The predicted molar refractivity (Wildman–Crippen MR) is 49.9 cm³/mol. The number of hydrogen-bond acceptors (Lipinski definition) is 1. The minimum atomic E-state index is -0.644. The van der Waals surface area contributed by atoms with Gasteiger partial charge in [0.2, 0.25) is 5.95 Å². The van der Waals surface area contributed by atoms with Gasteiger partial charge in [-0.1, -0.05) is 6.07 Å². The Morgan fingerprint density at radius 1 is 1.20 bits per heavy atom. The summed E-state index contributed by atoms with van der Waals surface area (Å²) in [6.07, 6.45) is 2.10. The first-order valence-corrected chi connectivity index (χ1v) is 4.51. The number of hydrogen-bond donors (Lipinski definition) is 0. The Kier molecular flexibility index (Phi) is 2.58. The molecule has 78 valence electrons. The maximum Gasteiger partial charge on any atom is 0.213 e. The van der Waals surface area contributed by atoms with Gasteiger partial charge in [0.25, 0.3) is 0 Å². The van der Waals surface area contributed by atoms with Gasteiger partial charge in [0, 0.05) is 18.4 Å². The lowest BCUT2D eigenvalue weighted by molar-refractivity contribution is 0.523. The van der Waals surface area contributed by atoms with Gasteiger partial charge in [0.05, 0.1) is 5.69 Å². The largest absolute Gasteiger partial charge is 0.224 e. The SMILES string of the molecule is FC1=CC(c2cccc(F)n2)CC(F)=C1. The van der Waals surface area contributed by atoms with E-state index in [2.05, 4.69) is 4.98 Å². The van der Waals surface area contributed by atoms with Crippen LogP contribution in [0.15, 0.2) is 42.0 Å². The number of allylic oxidation sites excluding steroid dienone is 4. The lowest BCUT2D eigenvalue weighted by Gasteiger charge is -2.14. The Bertz CT molecular complexity index is 437. The van der Waals surface area contributed by atoms with Gasteiger partial charge in [-0.2, -0.15) is 4.39 Å². The van der Waals surface area contributed by atoms with E-state index in [0.29, 0.717) is 5.69 Å². The zero-order valence-corrected chi connectivity index (χ0v) is 7.75. The van der Waals surface area contributed by atoms with Crippen LogP contribution in [0, 0.1) is 5.95 Å². The van der Waals surface area contributed by atoms with Crippen LogP contribution < -0.4 is 0 Å². The number of rotatable bonds is 1. The van der Waals surface area contributed by atoms with Crippen molar-refractivity contribution in [3.63, 3.8) is 0 Å². The molecule has 0 radical (unpaired) electrons. The van der Waals surface area contributed by atoms with E-state index in [1.807, 2.05) is 0 Å².